The van der Waals surface area contributed by atoms with Crippen molar-refractivity contribution < 1.29 is 4.74 Å². The van der Waals surface area contributed by atoms with Crippen molar-refractivity contribution in [3.8, 4) is 5.75 Å². The fraction of sp³-hybridized carbons (Fsp3) is 0.538. The molecular weight excluding hydrogens is 218 g/mol. The first kappa shape index (κ1) is 11.8. The zero-order valence-corrected chi connectivity index (χ0v) is 10.6. The summed E-state index contributed by atoms with van der Waals surface area (Å²) in [6.45, 7) is 0.770. The second-order valence-corrected chi connectivity index (χ2v) is 5.25. The van der Waals surface area contributed by atoms with Crippen molar-refractivity contribution in [3.63, 3.8) is 0 Å². The molecule has 0 aromatic heterocycles. The van der Waals surface area contributed by atoms with Crippen molar-refractivity contribution in [2.75, 3.05) is 19.4 Å². The van der Waals surface area contributed by atoms with Crippen molar-refractivity contribution in [1.82, 2.24) is 0 Å². The Balaban J connectivity index is 2.37. The Kier molecular flexibility index (Phi) is 4.13. The SMILES string of the molecule is COc1cccc2c1SCCCC2CCN. The molecule has 0 spiro atoms. The van der Waals surface area contributed by atoms with E-state index in [1.807, 2.05) is 11.8 Å². The lowest BCUT2D eigenvalue weighted by Gasteiger charge is -2.17. The van der Waals surface area contributed by atoms with E-state index in [1.165, 1.54) is 29.1 Å². The first-order valence-corrected chi connectivity index (χ1v) is 6.85. The van der Waals surface area contributed by atoms with Gasteiger partial charge < -0.3 is 10.5 Å². The van der Waals surface area contributed by atoms with Gasteiger partial charge in [0.2, 0.25) is 0 Å². The van der Waals surface area contributed by atoms with Crippen LogP contribution in [0.4, 0.5) is 0 Å². The quantitative estimate of drug-likeness (QED) is 0.877. The van der Waals surface area contributed by atoms with E-state index in [1.54, 1.807) is 7.11 Å². The molecule has 0 fully saturated rings. The Morgan fingerprint density at radius 2 is 2.38 bits per heavy atom. The molecule has 1 aliphatic rings. The van der Waals surface area contributed by atoms with E-state index in [0.717, 1.165) is 18.7 Å². The molecule has 88 valence electrons. The topological polar surface area (TPSA) is 35.2 Å². The molecule has 2 nitrogen and oxygen atoms in total. The number of hydrogen-bond acceptors (Lipinski definition) is 3. The molecule has 1 aromatic carbocycles. The highest BCUT2D eigenvalue weighted by Crippen LogP contribution is 2.42. The predicted molar refractivity (Wildman–Crippen MR) is 69.4 cm³/mol. The van der Waals surface area contributed by atoms with Crippen molar-refractivity contribution in [3.05, 3.63) is 23.8 Å². The van der Waals surface area contributed by atoms with E-state index >= 15 is 0 Å². The number of thioether (sulfide) groups is 1. The smallest absolute Gasteiger partial charge is 0.132 e. The number of rotatable bonds is 3. The minimum Gasteiger partial charge on any atom is -0.496 e. The normalized spacial score (nSPS) is 20.0. The lowest BCUT2D eigenvalue weighted by atomic mass is 9.91. The molecule has 0 aliphatic carbocycles. The lowest BCUT2D eigenvalue weighted by molar-refractivity contribution is 0.402. The molecule has 3 heteroatoms. The maximum Gasteiger partial charge on any atom is 0.132 e. The van der Waals surface area contributed by atoms with Gasteiger partial charge in [-0.1, -0.05) is 12.1 Å². The van der Waals surface area contributed by atoms with E-state index in [4.69, 9.17) is 10.5 Å². The third-order valence-corrected chi connectivity index (χ3v) is 4.35. The van der Waals surface area contributed by atoms with Crippen LogP contribution in [0.15, 0.2) is 23.1 Å². The van der Waals surface area contributed by atoms with Crippen LogP contribution in [0.2, 0.25) is 0 Å². The van der Waals surface area contributed by atoms with Gasteiger partial charge in [-0.05, 0) is 49.1 Å². The lowest BCUT2D eigenvalue weighted by Crippen LogP contribution is -2.07. The summed E-state index contributed by atoms with van der Waals surface area (Å²) in [4.78, 5) is 1.33. The largest absolute Gasteiger partial charge is 0.496 e. The summed E-state index contributed by atoms with van der Waals surface area (Å²) in [5.41, 5.74) is 7.14. The highest BCUT2D eigenvalue weighted by atomic mass is 32.2. The Hall–Kier alpha value is -0.670. The Bertz CT molecular complexity index is 354. The summed E-state index contributed by atoms with van der Waals surface area (Å²) in [5, 5.41) is 0. The zero-order valence-electron chi connectivity index (χ0n) is 9.74. The van der Waals surface area contributed by atoms with E-state index in [9.17, 15) is 0 Å². The molecule has 1 aromatic rings. The van der Waals surface area contributed by atoms with Gasteiger partial charge in [-0.3, -0.25) is 0 Å². The van der Waals surface area contributed by atoms with E-state index in [2.05, 4.69) is 18.2 Å². The van der Waals surface area contributed by atoms with E-state index in [-0.39, 0.29) is 0 Å². The standard InChI is InChI=1S/C13H19NOS/c1-15-12-6-2-5-11-10(7-8-14)4-3-9-16-13(11)12/h2,5-6,10H,3-4,7-9,14H2,1H3. The molecule has 0 saturated heterocycles. The number of hydrogen-bond donors (Lipinski definition) is 1. The van der Waals surface area contributed by atoms with E-state index < -0.39 is 0 Å². The average Bonchev–Trinajstić information content (AvgIpc) is 2.52. The van der Waals surface area contributed by atoms with Gasteiger partial charge in [0.05, 0.1) is 12.0 Å². The summed E-state index contributed by atoms with van der Waals surface area (Å²) in [5.74, 6) is 2.82. The maximum atomic E-state index is 5.70. The first-order valence-electron chi connectivity index (χ1n) is 5.86. The first-order chi connectivity index (χ1) is 7.86. The Morgan fingerprint density at radius 1 is 1.50 bits per heavy atom. The molecule has 2 N–H and O–H groups in total. The third-order valence-electron chi connectivity index (χ3n) is 3.13. The number of benzene rings is 1. The zero-order chi connectivity index (χ0) is 11.4. The molecule has 1 aliphatic heterocycles. The Labute approximate surface area is 102 Å². The van der Waals surface area contributed by atoms with Crippen LogP contribution in [-0.4, -0.2) is 19.4 Å². The molecule has 0 saturated carbocycles. The van der Waals surface area contributed by atoms with Crippen LogP contribution < -0.4 is 10.5 Å². The number of nitrogens with two attached hydrogens (primary N) is 1. The van der Waals surface area contributed by atoms with Crippen molar-refractivity contribution in [2.45, 2.75) is 30.1 Å². The van der Waals surface area contributed by atoms with Gasteiger partial charge in [-0.15, -0.1) is 11.8 Å². The van der Waals surface area contributed by atoms with Crippen LogP contribution in [0, 0.1) is 0 Å². The molecule has 1 atom stereocenters. The number of fused-ring (bicyclic) bond motifs is 1. The summed E-state index contributed by atoms with van der Waals surface area (Å²) >= 11 is 1.92. The monoisotopic (exact) mass is 237 g/mol. The minimum absolute atomic E-state index is 0.616. The van der Waals surface area contributed by atoms with Gasteiger partial charge in [-0.25, -0.2) is 0 Å². The van der Waals surface area contributed by atoms with Crippen LogP contribution >= 0.6 is 11.8 Å². The van der Waals surface area contributed by atoms with Gasteiger partial charge in [0.15, 0.2) is 0 Å². The maximum absolute atomic E-state index is 5.70. The molecule has 0 bridgehead atoms. The van der Waals surface area contributed by atoms with Crippen LogP contribution in [0.25, 0.3) is 0 Å². The summed E-state index contributed by atoms with van der Waals surface area (Å²) in [6.07, 6.45) is 3.61. The highest BCUT2D eigenvalue weighted by Gasteiger charge is 2.20. The summed E-state index contributed by atoms with van der Waals surface area (Å²) < 4.78 is 5.44. The average molecular weight is 237 g/mol. The molecule has 0 radical (unpaired) electrons. The number of ether oxygens (including phenoxy) is 1. The van der Waals surface area contributed by atoms with Crippen molar-refractivity contribution >= 4 is 11.8 Å². The minimum atomic E-state index is 0.616. The van der Waals surface area contributed by atoms with Gasteiger partial charge in [0.25, 0.3) is 0 Å². The predicted octanol–water partition coefficient (Wildman–Crippen LogP) is 3.01. The second-order valence-electron chi connectivity index (χ2n) is 4.14. The molecule has 1 unspecified atom stereocenters. The van der Waals surface area contributed by atoms with Gasteiger partial charge in [0, 0.05) is 0 Å². The van der Waals surface area contributed by atoms with Crippen molar-refractivity contribution in [2.24, 2.45) is 5.73 Å². The third kappa shape index (κ3) is 2.36. The number of methoxy groups -OCH3 is 1. The fourth-order valence-corrected chi connectivity index (χ4v) is 3.54. The summed E-state index contributed by atoms with van der Waals surface area (Å²) in [7, 11) is 1.75. The van der Waals surface area contributed by atoms with Crippen molar-refractivity contribution in [1.29, 1.82) is 0 Å². The van der Waals surface area contributed by atoms with Crippen LogP contribution in [0.3, 0.4) is 0 Å². The molecule has 1 heterocycles. The molecule has 2 rings (SSSR count). The van der Waals surface area contributed by atoms with Crippen LogP contribution in [0.1, 0.15) is 30.7 Å². The molecule has 16 heavy (non-hydrogen) atoms. The summed E-state index contributed by atoms with van der Waals surface area (Å²) in [6, 6.07) is 6.38. The van der Waals surface area contributed by atoms with Gasteiger partial charge in [-0.2, -0.15) is 0 Å². The van der Waals surface area contributed by atoms with Crippen LogP contribution in [0.5, 0.6) is 5.75 Å². The molecular formula is C13H19NOS. The van der Waals surface area contributed by atoms with Crippen LogP contribution in [-0.2, 0) is 0 Å². The van der Waals surface area contributed by atoms with E-state index in [0.29, 0.717) is 5.92 Å². The second kappa shape index (κ2) is 5.60. The fourth-order valence-electron chi connectivity index (χ4n) is 2.33. The highest BCUT2D eigenvalue weighted by molar-refractivity contribution is 7.99. The Morgan fingerprint density at radius 3 is 3.12 bits per heavy atom. The van der Waals surface area contributed by atoms with Gasteiger partial charge in [0.1, 0.15) is 5.75 Å². The molecule has 0 amide bonds. The van der Waals surface area contributed by atoms with Gasteiger partial charge >= 0.3 is 0 Å².